The number of hydrogen-bond donors (Lipinski definition) is 0. The van der Waals surface area contributed by atoms with Gasteiger partial charge in [0.15, 0.2) is 12.4 Å². The zero-order valence-corrected chi connectivity index (χ0v) is 26.2. The zero-order valence-electron chi connectivity index (χ0n) is 24.6. The summed E-state index contributed by atoms with van der Waals surface area (Å²) in [6, 6.07) is 19.0. The van der Waals surface area contributed by atoms with Crippen LogP contribution < -0.4 is 9.13 Å². The van der Waals surface area contributed by atoms with Gasteiger partial charge in [0, 0.05) is 56.0 Å². The lowest BCUT2D eigenvalue weighted by Crippen LogP contribution is -2.48. The van der Waals surface area contributed by atoms with Crippen molar-refractivity contribution in [2.24, 2.45) is 14.1 Å². The van der Waals surface area contributed by atoms with Gasteiger partial charge in [0.1, 0.15) is 14.1 Å². The molecule has 0 unspecified atom stereocenters. The largest absolute Gasteiger partial charge is 0.380 e. The molecule has 2 atom stereocenters. The first kappa shape index (κ1) is 28.9. The molecule has 228 valence electrons. The quantitative estimate of drug-likeness (QED) is 0.158. The SMILES string of the molecule is C[n+]1cccc2ccc(C3=CC4=C5C(=C6C=C(c7ccc8ccc[n+](C)c8c7)S[C@]6(C)[C@@]4(C)S3)C(F)(F)C(F)(F)C5(F)F)cc21. The number of aryl methyl sites for hydroxylation is 2. The van der Waals surface area contributed by atoms with Gasteiger partial charge in [-0.1, -0.05) is 12.1 Å². The molecule has 1 saturated carbocycles. The van der Waals surface area contributed by atoms with Crippen molar-refractivity contribution in [2.75, 3.05) is 0 Å². The summed E-state index contributed by atoms with van der Waals surface area (Å²) in [5.41, 5.74) is 0.324. The molecule has 2 aromatic carbocycles. The average molecular weight is 653 g/mol. The molecule has 0 N–H and O–H groups in total. The molecule has 0 saturated heterocycles. The van der Waals surface area contributed by atoms with E-state index in [2.05, 4.69) is 0 Å². The summed E-state index contributed by atoms with van der Waals surface area (Å²) in [5, 5.41) is 1.92. The van der Waals surface area contributed by atoms with Crippen LogP contribution >= 0.6 is 23.5 Å². The summed E-state index contributed by atoms with van der Waals surface area (Å²) >= 11 is 2.54. The maximum absolute atomic E-state index is 15.8. The predicted molar refractivity (Wildman–Crippen MR) is 167 cm³/mol. The summed E-state index contributed by atoms with van der Waals surface area (Å²) in [6.07, 6.45) is 6.64. The highest BCUT2D eigenvalue weighted by Crippen LogP contribution is 2.75. The monoisotopic (exact) mass is 652 g/mol. The van der Waals surface area contributed by atoms with Crippen LogP contribution in [0.25, 0.3) is 31.6 Å². The van der Waals surface area contributed by atoms with E-state index in [1.807, 2.05) is 96.3 Å². The van der Waals surface area contributed by atoms with Gasteiger partial charge in [-0.3, -0.25) is 0 Å². The molecule has 0 spiro atoms. The molecule has 2 aromatic heterocycles. The molecule has 4 aromatic rings. The van der Waals surface area contributed by atoms with Crippen molar-refractivity contribution in [1.29, 1.82) is 0 Å². The Kier molecular flexibility index (Phi) is 5.69. The Morgan fingerprint density at radius 2 is 0.978 bits per heavy atom. The van der Waals surface area contributed by atoms with Crippen LogP contribution in [0.5, 0.6) is 0 Å². The lowest BCUT2D eigenvalue weighted by Gasteiger charge is -2.47. The van der Waals surface area contributed by atoms with Gasteiger partial charge in [0.25, 0.3) is 0 Å². The fraction of sp³-hybridized carbons (Fsp3) is 0.257. The molecule has 0 radical (unpaired) electrons. The van der Waals surface area contributed by atoms with Crippen LogP contribution in [0.15, 0.2) is 108 Å². The molecular weight excluding hydrogens is 627 g/mol. The van der Waals surface area contributed by atoms with E-state index in [9.17, 15) is 0 Å². The van der Waals surface area contributed by atoms with Crippen LogP contribution in [0.1, 0.15) is 25.0 Å². The third kappa shape index (κ3) is 3.47. The van der Waals surface area contributed by atoms with E-state index >= 15 is 26.3 Å². The smallest absolute Gasteiger partial charge is 0.201 e. The second-order valence-corrected chi connectivity index (χ2v) is 15.3. The predicted octanol–water partition coefficient (Wildman–Crippen LogP) is 8.56. The lowest BCUT2D eigenvalue weighted by atomic mass is 9.71. The Morgan fingerprint density at radius 1 is 0.578 bits per heavy atom. The number of halogens is 6. The van der Waals surface area contributed by atoms with Crippen molar-refractivity contribution in [3.8, 4) is 0 Å². The molecule has 10 heteroatoms. The van der Waals surface area contributed by atoms with Crippen LogP contribution in [0.2, 0.25) is 0 Å². The highest BCUT2D eigenvalue weighted by molar-refractivity contribution is 8.14. The van der Waals surface area contributed by atoms with E-state index in [-0.39, 0.29) is 11.1 Å². The summed E-state index contributed by atoms with van der Waals surface area (Å²) < 4.78 is 94.9. The Labute approximate surface area is 263 Å². The fourth-order valence-electron chi connectivity index (χ4n) is 7.19. The van der Waals surface area contributed by atoms with Gasteiger partial charge in [-0.15, -0.1) is 23.5 Å². The van der Waals surface area contributed by atoms with Crippen LogP contribution in [0, 0.1) is 0 Å². The third-order valence-electron chi connectivity index (χ3n) is 9.88. The molecule has 2 nitrogen and oxygen atoms in total. The standard InChI is InChI=1S/C35H26F6N2S2/c1-31-23(17-27(44-31)21-11-9-19-7-5-13-42(3)25(19)15-21)29-30(34(38,39)35(40,41)33(29,36)37)24-18-28(45-32(24,31)2)22-12-10-20-8-6-14-43(4)26(20)16-22/h5-18H,1-4H3/q+2/t31-,32-/m0/s1. The van der Waals surface area contributed by atoms with E-state index in [1.165, 1.54) is 35.7 Å². The van der Waals surface area contributed by atoms with Crippen molar-refractivity contribution in [3.63, 3.8) is 0 Å². The Balaban J connectivity index is 1.37. The van der Waals surface area contributed by atoms with E-state index < -0.39 is 38.4 Å². The molecule has 0 amide bonds. The van der Waals surface area contributed by atoms with Crippen LogP contribution in [-0.4, -0.2) is 27.3 Å². The number of aromatic nitrogens is 2. The van der Waals surface area contributed by atoms with Gasteiger partial charge in [-0.25, -0.2) is 9.13 Å². The molecule has 45 heavy (non-hydrogen) atoms. The number of benzene rings is 2. The number of alkyl halides is 6. The number of nitrogens with zero attached hydrogens (tertiary/aromatic N) is 2. The van der Waals surface area contributed by atoms with Crippen LogP contribution in [0.3, 0.4) is 0 Å². The maximum atomic E-state index is 15.8. The van der Waals surface area contributed by atoms with Gasteiger partial charge in [-0.05, 0) is 72.5 Å². The summed E-state index contributed by atoms with van der Waals surface area (Å²) in [5.74, 6) is -15.7. The fourth-order valence-corrected chi connectivity index (χ4v) is 10.3. The first-order valence-corrected chi connectivity index (χ1v) is 16.0. The number of thioether (sulfide) groups is 2. The number of hydrogen-bond acceptors (Lipinski definition) is 2. The molecular formula is C35H26F6N2S2+2. The Hall–Kier alpha value is -3.50. The summed E-state index contributed by atoms with van der Waals surface area (Å²) in [6.45, 7) is 3.44. The first-order chi connectivity index (χ1) is 21.1. The van der Waals surface area contributed by atoms with Gasteiger partial charge in [-0.2, -0.15) is 26.3 Å². The van der Waals surface area contributed by atoms with Crippen LogP contribution in [0.4, 0.5) is 26.3 Å². The number of rotatable bonds is 2. The minimum absolute atomic E-state index is 0.171. The molecule has 4 heterocycles. The van der Waals surface area contributed by atoms with Gasteiger partial charge >= 0.3 is 17.8 Å². The second-order valence-electron chi connectivity index (χ2n) is 12.4. The highest BCUT2D eigenvalue weighted by atomic mass is 32.2. The van der Waals surface area contributed by atoms with Crippen molar-refractivity contribution < 1.29 is 35.5 Å². The molecule has 2 aliphatic heterocycles. The molecule has 2 aliphatic carbocycles. The molecule has 4 aliphatic rings. The third-order valence-corrected chi connectivity index (χ3v) is 13.2. The van der Waals surface area contributed by atoms with E-state index in [4.69, 9.17) is 0 Å². The minimum Gasteiger partial charge on any atom is -0.201 e. The number of fused-ring (bicyclic) bond motifs is 6. The van der Waals surface area contributed by atoms with Gasteiger partial charge in [0.2, 0.25) is 11.0 Å². The van der Waals surface area contributed by atoms with Gasteiger partial charge < -0.3 is 0 Å². The van der Waals surface area contributed by atoms with E-state index in [0.717, 1.165) is 21.8 Å². The second kappa shape index (κ2) is 8.85. The Morgan fingerprint density at radius 3 is 1.38 bits per heavy atom. The first-order valence-electron chi connectivity index (χ1n) is 14.3. The van der Waals surface area contributed by atoms with Crippen molar-refractivity contribution in [1.82, 2.24) is 0 Å². The average Bonchev–Trinajstić information content (AvgIpc) is 3.57. The normalized spacial score (nSPS) is 27.5. The minimum atomic E-state index is -5.59. The van der Waals surface area contributed by atoms with Crippen LogP contribution in [-0.2, 0) is 14.1 Å². The highest BCUT2D eigenvalue weighted by Gasteiger charge is 2.84. The van der Waals surface area contributed by atoms with Crippen molar-refractivity contribution in [3.05, 3.63) is 119 Å². The lowest BCUT2D eigenvalue weighted by molar-refractivity contribution is -0.645. The summed E-state index contributed by atoms with van der Waals surface area (Å²) in [4.78, 5) is 1.13. The molecule has 0 bridgehead atoms. The van der Waals surface area contributed by atoms with Crippen molar-refractivity contribution >= 4 is 55.1 Å². The summed E-state index contributed by atoms with van der Waals surface area (Å²) in [7, 11) is 3.77. The number of pyridine rings is 2. The number of allylic oxidation sites excluding steroid dienone is 4. The molecule has 1 fully saturated rings. The van der Waals surface area contributed by atoms with Crippen molar-refractivity contribution in [2.45, 2.75) is 41.1 Å². The molecule has 8 rings (SSSR count). The van der Waals surface area contributed by atoms with Gasteiger partial charge in [0.05, 0.1) is 9.49 Å². The topological polar surface area (TPSA) is 7.76 Å². The van der Waals surface area contributed by atoms with E-state index in [0.29, 0.717) is 20.9 Å². The zero-order chi connectivity index (χ0) is 31.9. The van der Waals surface area contributed by atoms with E-state index in [1.54, 1.807) is 13.8 Å². The maximum Gasteiger partial charge on any atom is 0.380 e. The Bertz CT molecular complexity index is 2010.